The fraction of sp³-hybridized carbons (Fsp3) is 0.233. The Labute approximate surface area is 250 Å². The van der Waals surface area contributed by atoms with Crippen molar-refractivity contribution in [3.05, 3.63) is 94.8 Å². The van der Waals surface area contributed by atoms with Gasteiger partial charge in [0.2, 0.25) is 11.8 Å². The van der Waals surface area contributed by atoms with Gasteiger partial charge in [0, 0.05) is 35.5 Å². The second-order valence-corrected chi connectivity index (χ2v) is 10.4. The molecule has 4 N–H and O–H groups in total. The summed E-state index contributed by atoms with van der Waals surface area (Å²) in [5, 5.41) is 17.9. The molecule has 2 unspecified atom stereocenters. The molecule has 3 amide bonds. The number of nitrogens with one attached hydrogen (secondary N) is 2. The third kappa shape index (κ3) is 6.09. The number of primary amides is 1. The number of anilines is 1. The van der Waals surface area contributed by atoms with Crippen molar-refractivity contribution in [2.45, 2.75) is 39.0 Å². The summed E-state index contributed by atoms with van der Waals surface area (Å²) in [5.74, 6) is -1.92. The van der Waals surface area contributed by atoms with E-state index >= 15 is 0 Å². The largest absolute Gasteiger partial charge is 0.364 e. The maximum absolute atomic E-state index is 14.6. The number of nitrogens with zero attached hydrogens (tertiary/aromatic N) is 6. The number of allylic oxidation sites excluding steroid dienone is 1. The molecular formula is C30H30FN9O4. The van der Waals surface area contributed by atoms with Gasteiger partial charge in [0.25, 0.3) is 11.5 Å². The van der Waals surface area contributed by atoms with E-state index in [-0.39, 0.29) is 30.8 Å². The zero-order valence-corrected chi connectivity index (χ0v) is 24.0. The highest BCUT2D eigenvalue weighted by Gasteiger charge is 2.40. The van der Waals surface area contributed by atoms with Crippen LogP contribution in [0.4, 0.5) is 10.1 Å². The van der Waals surface area contributed by atoms with Crippen LogP contribution in [-0.2, 0) is 16.1 Å². The zero-order valence-electron chi connectivity index (χ0n) is 24.0. The van der Waals surface area contributed by atoms with Crippen LogP contribution in [0.25, 0.3) is 22.2 Å². The van der Waals surface area contributed by atoms with Crippen molar-refractivity contribution in [2.75, 3.05) is 11.9 Å². The second kappa shape index (κ2) is 12.3. The zero-order chi connectivity index (χ0) is 31.5. The average molecular weight is 600 g/mol. The van der Waals surface area contributed by atoms with Crippen molar-refractivity contribution in [3.8, 4) is 5.69 Å². The molecule has 1 aliphatic heterocycles. The normalized spacial score (nSPS) is 17.0. The summed E-state index contributed by atoms with van der Waals surface area (Å²) in [7, 11) is 0. The number of benzene rings is 2. The molecule has 1 fully saturated rings. The maximum atomic E-state index is 14.6. The lowest BCUT2D eigenvalue weighted by Crippen LogP contribution is -2.44. The molecule has 5 rings (SSSR count). The predicted molar refractivity (Wildman–Crippen MR) is 162 cm³/mol. The lowest BCUT2D eigenvalue weighted by Gasteiger charge is -2.24. The summed E-state index contributed by atoms with van der Waals surface area (Å²) < 4.78 is 17.3. The number of rotatable bonds is 9. The van der Waals surface area contributed by atoms with Gasteiger partial charge < -0.3 is 16.0 Å². The number of nitrogens with two attached hydrogens (primary N) is 1. The molecule has 1 saturated heterocycles. The van der Waals surface area contributed by atoms with Gasteiger partial charge in [-0.2, -0.15) is 15.3 Å². The number of halogens is 1. The highest BCUT2D eigenvalue weighted by Crippen LogP contribution is 2.27. The molecule has 1 aliphatic rings. The third-order valence-electron chi connectivity index (χ3n) is 7.22. The van der Waals surface area contributed by atoms with Gasteiger partial charge in [0.1, 0.15) is 18.8 Å². The van der Waals surface area contributed by atoms with Crippen molar-refractivity contribution in [2.24, 2.45) is 16.0 Å². The first-order valence-electron chi connectivity index (χ1n) is 13.7. The Morgan fingerprint density at radius 1 is 1.20 bits per heavy atom. The molecular weight excluding hydrogens is 569 g/mol. The summed E-state index contributed by atoms with van der Waals surface area (Å²) in [6, 6.07) is 12.1. The summed E-state index contributed by atoms with van der Waals surface area (Å²) in [5.41, 5.74) is 8.76. The minimum Gasteiger partial charge on any atom is -0.364 e. The number of likely N-dealkylation sites (tertiary alicyclic amines) is 1. The Morgan fingerprint density at radius 2 is 2.00 bits per heavy atom. The van der Waals surface area contributed by atoms with Gasteiger partial charge in [-0.25, -0.2) is 9.07 Å². The first-order valence-corrected chi connectivity index (χ1v) is 13.7. The van der Waals surface area contributed by atoms with E-state index in [9.17, 15) is 23.6 Å². The number of amides is 3. The molecule has 0 bridgehead atoms. The molecule has 13 nitrogen and oxygen atoms in total. The highest BCUT2D eigenvalue weighted by atomic mass is 19.1. The maximum Gasteiger partial charge on any atom is 0.271 e. The van der Waals surface area contributed by atoms with E-state index in [1.54, 1.807) is 49.4 Å². The van der Waals surface area contributed by atoms with Crippen LogP contribution in [0.5, 0.6) is 0 Å². The summed E-state index contributed by atoms with van der Waals surface area (Å²) >= 11 is 0. The first kappa shape index (κ1) is 29.8. The van der Waals surface area contributed by atoms with Crippen LogP contribution in [0.2, 0.25) is 0 Å². The van der Waals surface area contributed by atoms with E-state index in [0.29, 0.717) is 28.0 Å². The quantitative estimate of drug-likeness (QED) is 0.250. The minimum absolute atomic E-state index is 0.0366. The molecule has 14 heteroatoms. The van der Waals surface area contributed by atoms with Crippen LogP contribution in [0.1, 0.15) is 35.1 Å². The van der Waals surface area contributed by atoms with Gasteiger partial charge in [0.05, 0.1) is 23.9 Å². The van der Waals surface area contributed by atoms with Gasteiger partial charge in [-0.1, -0.05) is 18.7 Å². The summed E-state index contributed by atoms with van der Waals surface area (Å²) in [4.78, 5) is 52.4. The van der Waals surface area contributed by atoms with Crippen LogP contribution < -0.4 is 16.6 Å². The number of aryl methyl sites for hydroxylation is 1. The minimum atomic E-state index is -1.41. The van der Waals surface area contributed by atoms with E-state index in [4.69, 9.17) is 5.73 Å². The number of aromatic nitrogens is 4. The standard InChI is InChI=1S/C30H30FN9O4/c1-4-33-34-14-17(2)19-8-9-24-23(11-19)28(29(32)43)37-39(24)16-27(42)38-15-20(31)12-25(38)30(44)35-21-6-5-7-22(13-21)40-26(41)10-18(3)36-40/h4-11,13-14,20,25,36H,1,12,15-16H2,2-3H3,(H2,32,43)(H,35,44)/b17-14+,34-33?. The van der Waals surface area contributed by atoms with E-state index < -0.39 is 29.9 Å². The first-order chi connectivity index (χ1) is 21.0. The predicted octanol–water partition coefficient (Wildman–Crippen LogP) is 3.46. The molecule has 2 aromatic heterocycles. The number of aromatic amines is 1. The molecule has 0 spiro atoms. The number of fused-ring (bicyclic) bond motifs is 1. The third-order valence-corrected chi connectivity index (χ3v) is 7.22. The van der Waals surface area contributed by atoms with Crippen LogP contribution in [0.15, 0.2) is 82.5 Å². The smallest absolute Gasteiger partial charge is 0.271 e. The highest BCUT2D eigenvalue weighted by molar-refractivity contribution is 6.05. The molecule has 0 saturated carbocycles. The van der Waals surface area contributed by atoms with Gasteiger partial charge in [0.15, 0.2) is 5.69 Å². The summed E-state index contributed by atoms with van der Waals surface area (Å²) in [6.45, 7) is 6.40. The number of H-pyrrole nitrogens is 1. The molecule has 4 aromatic rings. The fourth-order valence-electron chi connectivity index (χ4n) is 5.15. The topological polar surface area (TPSA) is 173 Å². The van der Waals surface area contributed by atoms with Crippen LogP contribution in [0, 0.1) is 6.92 Å². The van der Waals surface area contributed by atoms with Gasteiger partial charge in [-0.3, -0.25) is 29.0 Å². The Bertz CT molecular complexity index is 1900. The van der Waals surface area contributed by atoms with Gasteiger partial charge in [-0.15, -0.1) is 0 Å². The van der Waals surface area contributed by atoms with Gasteiger partial charge >= 0.3 is 0 Å². The number of carbonyl (C=O) groups is 3. The molecule has 2 aromatic carbocycles. The van der Waals surface area contributed by atoms with Crippen molar-refractivity contribution in [1.29, 1.82) is 0 Å². The molecule has 0 aliphatic carbocycles. The van der Waals surface area contributed by atoms with Crippen molar-refractivity contribution >= 4 is 39.9 Å². The van der Waals surface area contributed by atoms with E-state index in [1.165, 1.54) is 32.7 Å². The Kier molecular flexibility index (Phi) is 8.33. The van der Waals surface area contributed by atoms with E-state index in [1.807, 2.05) is 6.92 Å². The molecule has 2 atom stereocenters. The molecule has 44 heavy (non-hydrogen) atoms. The SMILES string of the molecule is C=CN=N/C=C(\C)c1ccc2c(c1)c(C(N)=O)nn2CC(=O)N1CC(F)CC1C(=O)Nc1cccc(-n2[nH]c(C)cc2=O)c1. The van der Waals surface area contributed by atoms with E-state index in [2.05, 4.69) is 32.3 Å². The lowest BCUT2D eigenvalue weighted by atomic mass is 10.0. The fourth-order valence-corrected chi connectivity index (χ4v) is 5.15. The van der Waals surface area contributed by atoms with Crippen molar-refractivity contribution in [1.82, 2.24) is 24.5 Å². The van der Waals surface area contributed by atoms with Gasteiger partial charge in [-0.05, 0) is 55.3 Å². The van der Waals surface area contributed by atoms with Crippen LogP contribution in [0.3, 0.4) is 0 Å². The molecule has 0 radical (unpaired) electrons. The van der Waals surface area contributed by atoms with E-state index in [0.717, 1.165) is 11.1 Å². The average Bonchev–Trinajstić information content (AvgIpc) is 3.67. The molecule has 226 valence electrons. The number of hydrogen-bond donors (Lipinski definition) is 3. The lowest BCUT2D eigenvalue weighted by molar-refractivity contribution is -0.137. The number of carbonyl (C=O) groups excluding carboxylic acids is 3. The number of alkyl halides is 1. The van der Waals surface area contributed by atoms with Crippen LogP contribution in [-0.4, -0.2) is 60.9 Å². The Hall–Kier alpha value is -5.66. The van der Waals surface area contributed by atoms with Crippen molar-refractivity contribution in [3.63, 3.8) is 0 Å². The Balaban J connectivity index is 1.37. The summed E-state index contributed by atoms with van der Waals surface area (Å²) in [6.07, 6.45) is 1.24. The Morgan fingerprint density at radius 3 is 2.70 bits per heavy atom. The molecule has 3 heterocycles. The number of hydrogen-bond acceptors (Lipinski definition) is 7. The van der Waals surface area contributed by atoms with Crippen LogP contribution >= 0.6 is 0 Å². The second-order valence-electron chi connectivity index (χ2n) is 10.4. The number of azo groups is 1. The monoisotopic (exact) mass is 599 g/mol. The van der Waals surface area contributed by atoms with Crippen molar-refractivity contribution < 1.29 is 18.8 Å².